The number of hydrogen-bond donors (Lipinski definition) is 1. The molecule has 0 aliphatic rings. The molecule has 0 atom stereocenters. The highest BCUT2D eigenvalue weighted by molar-refractivity contribution is 6.31. The summed E-state index contributed by atoms with van der Waals surface area (Å²) in [5.74, 6) is -1.82. The van der Waals surface area contributed by atoms with Gasteiger partial charge < -0.3 is 10.1 Å². The van der Waals surface area contributed by atoms with Gasteiger partial charge in [0.25, 0.3) is 0 Å². The second-order valence-electron chi connectivity index (χ2n) is 6.56. The van der Waals surface area contributed by atoms with Crippen LogP contribution in [-0.2, 0) is 13.0 Å². The van der Waals surface area contributed by atoms with E-state index in [9.17, 15) is 18.0 Å². The second kappa shape index (κ2) is 9.21. The number of aromatic nitrogens is 2. The Kier molecular flexibility index (Phi) is 6.66. The highest BCUT2D eigenvalue weighted by atomic mass is 35.5. The van der Waals surface area contributed by atoms with E-state index in [-0.39, 0.29) is 53.1 Å². The van der Waals surface area contributed by atoms with Crippen molar-refractivity contribution < 1.29 is 22.7 Å². The lowest BCUT2D eigenvalue weighted by Crippen LogP contribution is -2.09. The summed E-state index contributed by atoms with van der Waals surface area (Å²) in [6.45, 7) is 1.49. The SMILES string of the molecule is COc1c(CCNc2cccc(Cl)c2F)c(C(C)=O)nn1Cc1cc(F)ccc1F. The molecule has 9 heteroatoms. The molecule has 158 valence electrons. The lowest BCUT2D eigenvalue weighted by atomic mass is 10.1. The third-order valence-electron chi connectivity index (χ3n) is 4.50. The molecule has 0 spiro atoms. The minimum Gasteiger partial charge on any atom is -0.481 e. The molecule has 0 saturated heterocycles. The van der Waals surface area contributed by atoms with Crippen molar-refractivity contribution in [3.63, 3.8) is 0 Å². The predicted octanol–water partition coefficient (Wildman–Crippen LogP) is 4.87. The number of Topliss-reactive ketones (excluding diaryl/α,β-unsaturated/α-hetero) is 1. The Morgan fingerprint density at radius 1 is 1.23 bits per heavy atom. The first-order chi connectivity index (χ1) is 14.3. The Balaban J connectivity index is 1.87. The fourth-order valence-corrected chi connectivity index (χ4v) is 3.29. The second-order valence-corrected chi connectivity index (χ2v) is 6.97. The van der Waals surface area contributed by atoms with E-state index in [0.717, 1.165) is 18.2 Å². The molecule has 3 aromatic rings. The quantitative estimate of drug-likeness (QED) is 0.511. The van der Waals surface area contributed by atoms with Crippen LogP contribution in [0.5, 0.6) is 5.88 Å². The molecule has 0 aliphatic heterocycles. The summed E-state index contributed by atoms with van der Waals surface area (Å²) in [5.41, 5.74) is 0.922. The van der Waals surface area contributed by atoms with Crippen molar-refractivity contribution >= 4 is 23.1 Å². The number of hydrogen-bond acceptors (Lipinski definition) is 4. The molecular weight excluding hydrogens is 419 g/mol. The van der Waals surface area contributed by atoms with Gasteiger partial charge in [-0.05, 0) is 36.8 Å². The molecule has 0 aliphatic carbocycles. The van der Waals surface area contributed by atoms with Gasteiger partial charge in [-0.1, -0.05) is 17.7 Å². The fraction of sp³-hybridized carbons (Fsp3) is 0.238. The van der Waals surface area contributed by atoms with Crippen LogP contribution in [0, 0.1) is 17.5 Å². The number of carbonyl (C=O) groups excluding carboxylic acids is 1. The van der Waals surface area contributed by atoms with Crippen molar-refractivity contribution in [3.05, 3.63) is 75.7 Å². The molecule has 3 rings (SSSR count). The van der Waals surface area contributed by atoms with Crippen LogP contribution < -0.4 is 10.1 Å². The van der Waals surface area contributed by atoms with E-state index >= 15 is 0 Å². The van der Waals surface area contributed by atoms with Gasteiger partial charge in [0, 0.05) is 24.6 Å². The van der Waals surface area contributed by atoms with E-state index in [0.29, 0.717) is 5.56 Å². The summed E-state index contributed by atoms with van der Waals surface area (Å²) in [7, 11) is 1.40. The molecule has 1 N–H and O–H groups in total. The molecule has 2 aromatic carbocycles. The standard InChI is InChI=1S/C21H19ClF3N3O2/c1-12(29)20-15(8-9-26-18-5-3-4-16(22)19(18)25)21(30-2)28(27-20)11-13-10-14(23)6-7-17(13)24/h3-7,10,26H,8-9,11H2,1-2H3. The van der Waals surface area contributed by atoms with Gasteiger partial charge >= 0.3 is 0 Å². The monoisotopic (exact) mass is 437 g/mol. The van der Waals surface area contributed by atoms with E-state index in [1.165, 1.54) is 24.8 Å². The highest BCUT2D eigenvalue weighted by Crippen LogP contribution is 2.27. The van der Waals surface area contributed by atoms with Gasteiger partial charge in [-0.3, -0.25) is 4.79 Å². The first-order valence-electron chi connectivity index (χ1n) is 9.08. The van der Waals surface area contributed by atoms with E-state index in [1.807, 2.05) is 0 Å². The Morgan fingerprint density at radius 3 is 2.70 bits per heavy atom. The van der Waals surface area contributed by atoms with E-state index in [2.05, 4.69) is 10.4 Å². The van der Waals surface area contributed by atoms with Gasteiger partial charge in [0.05, 0.1) is 24.4 Å². The van der Waals surface area contributed by atoms with Crippen molar-refractivity contribution in [2.45, 2.75) is 19.9 Å². The van der Waals surface area contributed by atoms with Crippen LogP contribution in [0.2, 0.25) is 5.02 Å². The van der Waals surface area contributed by atoms with E-state index < -0.39 is 17.5 Å². The summed E-state index contributed by atoms with van der Waals surface area (Å²) < 4.78 is 48.3. The number of anilines is 1. The van der Waals surface area contributed by atoms with Gasteiger partial charge in [-0.25, -0.2) is 17.9 Å². The molecule has 0 bridgehead atoms. The maximum Gasteiger partial charge on any atom is 0.215 e. The van der Waals surface area contributed by atoms with Crippen molar-refractivity contribution in [1.82, 2.24) is 9.78 Å². The number of halogens is 4. The fourth-order valence-electron chi connectivity index (χ4n) is 3.12. The first kappa shape index (κ1) is 21.7. The summed E-state index contributed by atoms with van der Waals surface area (Å²) in [4.78, 5) is 12.1. The molecule has 5 nitrogen and oxygen atoms in total. The Hall–Kier alpha value is -3.00. The largest absolute Gasteiger partial charge is 0.481 e. The number of ketones is 1. The van der Waals surface area contributed by atoms with Crippen molar-refractivity contribution in [3.8, 4) is 5.88 Å². The summed E-state index contributed by atoms with van der Waals surface area (Å²) >= 11 is 5.78. The van der Waals surface area contributed by atoms with Crippen molar-refractivity contribution in [2.75, 3.05) is 19.0 Å². The van der Waals surface area contributed by atoms with Crippen LogP contribution >= 0.6 is 11.6 Å². The lowest BCUT2D eigenvalue weighted by Gasteiger charge is -2.11. The highest BCUT2D eigenvalue weighted by Gasteiger charge is 2.22. The zero-order valence-electron chi connectivity index (χ0n) is 16.3. The van der Waals surface area contributed by atoms with Gasteiger partial charge in [-0.15, -0.1) is 0 Å². The van der Waals surface area contributed by atoms with Gasteiger partial charge in [0.1, 0.15) is 17.3 Å². The lowest BCUT2D eigenvalue weighted by molar-refractivity contribution is 0.101. The number of ether oxygens (including phenoxy) is 1. The van der Waals surface area contributed by atoms with Gasteiger partial charge in [0.15, 0.2) is 11.6 Å². The molecule has 0 amide bonds. The van der Waals surface area contributed by atoms with Crippen LogP contribution in [0.3, 0.4) is 0 Å². The zero-order valence-corrected chi connectivity index (χ0v) is 17.1. The minimum absolute atomic E-state index is 0.00746. The Morgan fingerprint density at radius 2 is 2.00 bits per heavy atom. The van der Waals surface area contributed by atoms with Gasteiger partial charge in [0.2, 0.25) is 5.88 Å². The number of rotatable bonds is 8. The molecule has 0 saturated carbocycles. The number of nitrogens with one attached hydrogen (secondary N) is 1. The molecule has 30 heavy (non-hydrogen) atoms. The Bertz CT molecular complexity index is 1090. The van der Waals surface area contributed by atoms with E-state index in [1.54, 1.807) is 12.1 Å². The van der Waals surface area contributed by atoms with Crippen molar-refractivity contribution in [1.29, 1.82) is 0 Å². The smallest absolute Gasteiger partial charge is 0.215 e. The molecule has 1 aromatic heterocycles. The van der Waals surface area contributed by atoms with E-state index in [4.69, 9.17) is 16.3 Å². The van der Waals surface area contributed by atoms with Crippen molar-refractivity contribution in [2.24, 2.45) is 0 Å². The number of carbonyl (C=O) groups is 1. The predicted molar refractivity (Wildman–Crippen MR) is 108 cm³/mol. The third-order valence-corrected chi connectivity index (χ3v) is 4.79. The minimum atomic E-state index is -0.599. The maximum absolute atomic E-state index is 14.0. The van der Waals surface area contributed by atoms with Crippen LogP contribution in [0.1, 0.15) is 28.5 Å². The maximum atomic E-state index is 14.0. The number of methoxy groups -OCH3 is 1. The molecule has 0 unspecified atom stereocenters. The van der Waals surface area contributed by atoms with Crippen LogP contribution in [0.4, 0.5) is 18.9 Å². The summed E-state index contributed by atoms with van der Waals surface area (Å²) in [5, 5.41) is 7.15. The zero-order chi connectivity index (χ0) is 21.8. The van der Waals surface area contributed by atoms with Crippen LogP contribution in [-0.4, -0.2) is 29.2 Å². The summed E-state index contributed by atoms with van der Waals surface area (Å²) in [6, 6.07) is 7.70. The molecule has 1 heterocycles. The Labute approximate surface area is 176 Å². The molecular formula is C21H19ClF3N3O2. The number of nitrogens with zero attached hydrogens (tertiary/aromatic N) is 2. The summed E-state index contributed by atoms with van der Waals surface area (Å²) in [6.07, 6.45) is 0.273. The van der Waals surface area contributed by atoms with Crippen LogP contribution in [0.15, 0.2) is 36.4 Å². The number of benzene rings is 2. The average Bonchev–Trinajstić information content (AvgIpc) is 3.05. The normalized spacial score (nSPS) is 10.9. The first-order valence-corrected chi connectivity index (χ1v) is 9.46. The van der Waals surface area contributed by atoms with Crippen LogP contribution in [0.25, 0.3) is 0 Å². The average molecular weight is 438 g/mol. The third kappa shape index (κ3) is 4.59. The topological polar surface area (TPSA) is 56.1 Å². The molecule has 0 fully saturated rings. The van der Waals surface area contributed by atoms with Gasteiger partial charge in [-0.2, -0.15) is 5.10 Å². The molecule has 0 radical (unpaired) electrons.